The van der Waals surface area contributed by atoms with Gasteiger partial charge in [-0.05, 0) is 25.1 Å². The van der Waals surface area contributed by atoms with Crippen LogP contribution in [0.4, 0.5) is 4.39 Å². The van der Waals surface area contributed by atoms with Gasteiger partial charge in [0, 0.05) is 16.6 Å². The number of hydrogen-bond acceptors (Lipinski definition) is 5. The van der Waals surface area contributed by atoms with E-state index in [4.69, 9.17) is 10.3 Å². The van der Waals surface area contributed by atoms with E-state index in [9.17, 15) is 9.50 Å². The first-order valence-electron chi connectivity index (χ1n) is 5.62. The number of halogens is 2. The van der Waals surface area contributed by atoms with Crippen molar-refractivity contribution in [3.8, 4) is 11.4 Å². The van der Waals surface area contributed by atoms with Gasteiger partial charge in [-0.2, -0.15) is 4.98 Å². The van der Waals surface area contributed by atoms with Gasteiger partial charge < -0.3 is 15.4 Å². The van der Waals surface area contributed by atoms with E-state index in [0.717, 1.165) is 0 Å². The molecule has 1 aromatic heterocycles. The van der Waals surface area contributed by atoms with E-state index in [0.29, 0.717) is 10.0 Å². The van der Waals surface area contributed by atoms with Gasteiger partial charge in [0.1, 0.15) is 5.82 Å². The summed E-state index contributed by atoms with van der Waals surface area (Å²) in [7, 11) is 0. The van der Waals surface area contributed by atoms with Gasteiger partial charge in [0.15, 0.2) is 0 Å². The molecule has 2 aromatic rings. The van der Waals surface area contributed by atoms with Gasteiger partial charge in [-0.15, -0.1) is 0 Å². The van der Waals surface area contributed by atoms with Crippen LogP contribution in [0.25, 0.3) is 11.4 Å². The Morgan fingerprint density at radius 2 is 2.26 bits per heavy atom. The Hall–Kier alpha value is -1.31. The van der Waals surface area contributed by atoms with Crippen molar-refractivity contribution < 1.29 is 14.0 Å². The fourth-order valence-electron chi connectivity index (χ4n) is 1.50. The molecule has 0 aliphatic rings. The topological polar surface area (TPSA) is 85.2 Å². The quantitative estimate of drug-likeness (QED) is 0.894. The van der Waals surface area contributed by atoms with Crippen LogP contribution in [0.15, 0.2) is 27.2 Å². The standard InChI is InChI=1S/C12H13BrFN3O2/c1-12(18,6-15)5-10-16-11(17-19-10)8-4-7(14)2-3-9(8)13/h2-4,18H,5-6,15H2,1H3. The predicted octanol–water partition coefficient (Wildman–Crippen LogP) is 1.89. The zero-order valence-electron chi connectivity index (χ0n) is 10.2. The molecule has 19 heavy (non-hydrogen) atoms. The Kier molecular flexibility index (Phi) is 3.98. The average molecular weight is 330 g/mol. The Bertz CT molecular complexity index is 586. The summed E-state index contributed by atoms with van der Waals surface area (Å²) in [5.74, 6) is 0.120. The molecule has 0 saturated heterocycles. The van der Waals surface area contributed by atoms with Gasteiger partial charge in [-0.1, -0.05) is 21.1 Å². The van der Waals surface area contributed by atoms with Crippen molar-refractivity contribution in [3.63, 3.8) is 0 Å². The third-order valence-electron chi connectivity index (χ3n) is 2.61. The Morgan fingerprint density at radius 3 is 2.95 bits per heavy atom. The summed E-state index contributed by atoms with van der Waals surface area (Å²) in [4.78, 5) is 4.13. The largest absolute Gasteiger partial charge is 0.388 e. The van der Waals surface area contributed by atoms with Crippen molar-refractivity contribution in [3.05, 3.63) is 34.4 Å². The highest BCUT2D eigenvalue weighted by Gasteiger charge is 2.23. The minimum absolute atomic E-state index is 0.0778. The number of rotatable bonds is 4. The van der Waals surface area contributed by atoms with Crippen LogP contribution in [0.5, 0.6) is 0 Å². The van der Waals surface area contributed by atoms with Crippen molar-refractivity contribution in [1.82, 2.24) is 10.1 Å². The molecule has 0 saturated carbocycles. The summed E-state index contributed by atoms with van der Waals surface area (Å²) < 4.78 is 18.9. The van der Waals surface area contributed by atoms with Gasteiger partial charge in [0.25, 0.3) is 0 Å². The number of nitrogens with zero attached hydrogens (tertiary/aromatic N) is 2. The van der Waals surface area contributed by atoms with E-state index < -0.39 is 11.4 Å². The van der Waals surface area contributed by atoms with E-state index >= 15 is 0 Å². The molecule has 0 spiro atoms. The maximum Gasteiger partial charge on any atom is 0.229 e. The second kappa shape index (κ2) is 5.36. The first kappa shape index (κ1) is 14.1. The molecule has 2 rings (SSSR count). The first-order valence-corrected chi connectivity index (χ1v) is 6.41. The molecule has 1 aromatic carbocycles. The number of aliphatic hydroxyl groups is 1. The molecule has 0 radical (unpaired) electrons. The number of aromatic nitrogens is 2. The molecule has 5 nitrogen and oxygen atoms in total. The highest BCUT2D eigenvalue weighted by atomic mass is 79.9. The van der Waals surface area contributed by atoms with Crippen molar-refractivity contribution >= 4 is 15.9 Å². The van der Waals surface area contributed by atoms with Crippen LogP contribution >= 0.6 is 15.9 Å². The Morgan fingerprint density at radius 1 is 1.53 bits per heavy atom. The highest BCUT2D eigenvalue weighted by Crippen LogP contribution is 2.27. The lowest BCUT2D eigenvalue weighted by atomic mass is 10.0. The molecular weight excluding hydrogens is 317 g/mol. The monoisotopic (exact) mass is 329 g/mol. The molecule has 7 heteroatoms. The maximum absolute atomic E-state index is 13.2. The summed E-state index contributed by atoms with van der Waals surface area (Å²) >= 11 is 3.29. The van der Waals surface area contributed by atoms with Crippen LogP contribution in [0.2, 0.25) is 0 Å². The maximum atomic E-state index is 13.2. The minimum Gasteiger partial charge on any atom is -0.388 e. The van der Waals surface area contributed by atoms with Crippen molar-refractivity contribution in [2.45, 2.75) is 18.9 Å². The third-order valence-corrected chi connectivity index (χ3v) is 3.30. The van der Waals surface area contributed by atoms with Crippen LogP contribution in [0.1, 0.15) is 12.8 Å². The fourth-order valence-corrected chi connectivity index (χ4v) is 1.93. The van der Waals surface area contributed by atoms with Gasteiger partial charge in [0.05, 0.1) is 12.0 Å². The van der Waals surface area contributed by atoms with E-state index in [1.54, 1.807) is 13.0 Å². The lowest BCUT2D eigenvalue weighted by Crippen LogP contribution is -2.36. The summed E-state index contributed by atoms with van der Waals surface area (Å²) in [6.45, 7) is 1.66. The van der Waals surface area contributed by atoms with Crippen LogP contribution < -0.4 is 5.73 Å². The van der Waals surface area contributed by atoms with Crippen LogP contribution in [0.3, 0.4) is 0 Å². The molecule has 1 unspecified atom stereocenters. The van der Waals surface area contributed by atoms with E-state index in [-0.39, 0.29) is 24.7 Å². The molecule has 3 N–H and O–H groups in total. The minimum atomic E-state index is -1.11. The molecule has 1 atom stereocenters. The van der Waals surface area contributed by atoms with Crippen molar-refractivity contribution in [1.29, 1.82) is 0 Å². The molecule has 0 aliphatic carbocycles. The zero-order chi connectivity index (χ0) is 14.0. The molecule has 0 bridgehead atoms. The second-order valence-corrected chi connectivity index (χ2v) is 5.37. The summed E-state index contributed by atoms with van der Waals surface area (Å²) in [5.41, 5.74) is 4.80. The second-order valence-electron chi connectivity index (χ2n) is 4.51. The van der Waals surface area contributed by atoms with E-state index in [1.165, 1.54) is 12.1 Å². The van der Waals surface area contributed by atoms with Crippen LogP contribution in [-0.2, 0) is 6.42 Å². The van der Waals surface area contributed by atoms with Gasteiger partial charge in [0.2, 0.25) is 11.7 Å². The molecule has 0 aliphatic heterocycles. The van der Waals surface area contributed by atoms with E-state index in [2.05, 4.69) is 26.1 Å². The first-order chi connectivity index (χ1) is 8.91. The van der Waals surface area contributed by atoms with E-state index in [1.807, 2.05) is 0 Å². The van der Waals surface area contributed by atoms with Gasteiger partial charge in [-0.25, -0.2) is 4.39 Å². The molecule has 102 valence electrons. The molecule has 0 amide bonds. The third kappa shape index (κ3) is 3.37. The Balaban J connectivity index is 2.28. The lowest BCUT2D eigenvalue weighted by molar-refractivity contribution is 0.0610. The smallest absolute Gasteiger partial charge is 0.229 e. The lowest BCUT2D eigenvalue weighted by Gasteiger charge is -2.17. The summed E-state index contributed by atoms with van der Waals surface area (Å²) in [6, 6.07) is 4.20. The van der Waals surface area contributed by atoms with Crippen molar-refractivity contribution in [2.75, 3.05) is 6.54 Å². The molecule has 1 heterocycles. The number of hydrogen-bond donors (Lipinski definition) is 2. The van der Waals surface area contributed by atoms with Gasteiger partial charge >= 0.3 is 0 Å². The van der Waals surface area contributed by atoms with Gasteiger partial charge in [-0.3, -0.25) is 0 Å². The number of benzene rings is 1. The normalized spacial score (nSPS) is 14.4. The molecular formula is C12H13BrFN3O2. The van der Waals surface area contributed by atoms with Crippen LogP contribution in [0, 0.1) is 5.82 Å². The van der Waals surface area contributed by atoms with Crippen LogP contribution in [-0.4, -0.2) is 27.4 Å². The van der Waals surface area contributed by atoms with Crippen molar-refractivity contribution in [2.24, 2.45) is 5.73 Å². The Labute approximate surface area is 117 Å². The average Bonchev–Trinajstić information content (AvgIpc) is 2.80. The zero-order valence-corrected chi connectivity index (χ0v) is 11.8. The predicted molar refractivity (Wildman–Crippen MR) is 70.8 cm³/mol. The number of nitrogens with two attached hydrogens (primary N) is 1. The summed E-state index contributed by atoms with van der Waals surface area (Å²) in [5, 5.41) is 13.6. The fraction of sp³-hybridized carbons (Fsp3) is 0.333. The SMILES string of the molecule is CC(O)(CN)Cc1nc(-c2cc(F)ccc2Br)no1. The molecule has 0 fully saturated rings. The summed E-state index contributed by atoms with van der Waals surface area (Å²) in [6.07, 6.45) is 0.142. The highest BCUT2D eigenvalue weighted by molar-refractivity contribution is 9.10.